The second-order valence-electron chi connectivity index (χ2n) is 7.32. The number of anilines is 2. The van der Waals surface area contributed by atoms with Crippen LogP contribution in [0.25, 0.3) is 11.0 Å². The van der Waals surface area contributed by atoms with Gasteiger partial charge >= 0.3 is 6.03 Å². The molecule has 6 heteroatoms. The van der Waals surface area contributed by atoms with Crippen molar-refractivity contribution in [2.24, 2.45) is 0 Å². The molecule has 0 aliphatic heterocycles. The molecule has 6 nitrogen and oxygen atoms in total. The van der Waals surface area contributed by atoms with Gasteiger partial charge in [-0.05, 0) is 62.1 Å². The Labute approximate surface area is 163 Å². The van der Waals surface area contributed by atoms with Gasteiger partial charge in [-0.1, -0.05) is 12.1 Å². The highest BCUT2D eigenvalue weighted by atomic mass is 16.3. The van der Waals surface area contributed by atoms with Crippen LogP contribution >= 0.6 is 0 Å². The largest absolute Gasteiger partial charge is 0.464 e. The molecule has 0 unspecified atom stereocenters. The molecule has 3 amide bonds. The molecule has 144 valence electrons. The Morgan fingerprint density at radius 1 is 1.00 bits per heavy atom. The zero-order valence-corrected chi connectivity index (χ0v) is 16.0. The van der Waals surface area contributed by atoms with Crippen molar-refractivity contribution in [1.29, 1.82) is 0 Å². The van der Waals surface area contributed by atoms with E-state index in [9.17, 15) is 9.59 Å². The molecule has 0 spiro atoms. The zero-order valence-electron chi connectivity index (χ0n) is 16.0. The van der Waals surface area contributed by atoms with Crippen LogP contribution in [0.15, 0.2) is 47.1 Å². The second kappa shape index (κ2) is 7.38. The van der Waals surface area contributed by atoms with Gasteiger partial charge in [-0.3, -0.25) is 4.79 Å². The molecule has 4 rings (SSSR count). The third-order valence-electron chi connectivity index (χ3n) is 5.03. The summed E-state index contributed by atoms with van der Waals surface area (Å²) in [7, 11) is 0. The number of fused-ring (bicyclic) bond motifs is 1. The van der Waals surface area contributed by atoms with E-state index in [1.807, 2.05) is 26.0 Å². The first-order valence-corrected chi connectivity index (χ1v) is 9.43. The van der Waals surface area contributed by atoms with E-state index < -0.39 is 0 Å². The predicted molar refractivity (Wildman–Crippen MR) is 110 cm³/mol. The van der Waals surface area contributed by atoms with E-state index in [0.717, 1.165) is 40.5 Å². The minimum Gasteiger partial charge on any atom is -0.464 e. The normalized spacial score (nSPS) is 13.4. The summed E-state index contributed by atoms with van der Waals surface area (Å²) in [4.78, 5) is 24.2. The number of urea groups is 1. The molecular formula is C22H23N3O3. The van der Waals surface area contributed by atoms with Crippen LogP contribution in [0.5, 0.6) is 0 Å². The van der Waals surface area contributed by atoms with Gasteiger partial charge in [0.1, 0.15) is 5.58 Å². The highest BCUT2D eigenvalue weighted by Crippen LogP contribution is 2.27. The van der Waals surface area contributed by atoms with Crippen molar-refractivity contribution in [2.75, 3.05) is 10.6 Å². The zero-order chi connectivity index (χ0) is 19.7. The lowest BCUT2D eigenvalue weighted by Crippen LogP contribution is -2.30. The number of nitrogens with one attached hydrogen (secondary N) is 3. The topological polar surface area (TPSA) is 83.4 Å². The molecule has 1 saturated carbocycles. The van der Waals surface area contributed by atoms with E-state index >= 15 is 0 Å². The number of furan rings is 1. The van der Waals surface area contributed by atoms with Gasteiger partial charge in [0.05, 0.1) is 12.7 Å². The smallest absolute Gasteiger partial charge is 0.319 e. The van der Waals surface area contributed by atoms with E-state index in [0.29, 0.717) is 17.4 Å². The van der Waals surface area contributed by atoms with Crippen LogP contribution in [0.4, 0.5) is 16.2 Å². The average Bonchev–Trinajstić information content (AvgIpc) is 3.38. The van der Waals surface area contributed by atoms with Gasteiger partial charge in [0.15, 0.2) is 0 Å². The van der Waals surface area contributed by atoms with E-state index in [4.69, 9.17) is 4.42 Å². The van der Waals surface area contributed by atoms with Gasteiger partial charge in [0.25, 0.3) is 0 Å². The van der Waals surface area contributed by atoms with Gasteiger partial charge in [0, 0.05) is 28.4 Å². The lowest BCUT2D eigenvalue weighted by molar-refractivity contribution is -0.115. The van der Waals surface area contributed by atoms with E-state index in [1.165, 1.54) is 0 Å². The summed E-state index contributed by atoms with van der Waals surface area (Å²) >= 11 is 0. The molecular weight excluding hydrogens is 354 g/mol. The fourth-order valence-corrected chi connectivity index (χ4v) is 3.12. The van der Waals surface area contributed by atoms with Crippen LogP contribution in [0.1, 0.15) is 29.5 Å². The number of hydrogen-bond donors (Lipinski definition) is 3. The lowest BCUT2D eigenvalue weighted by Gasteiger charge is -2.08. The number of aryl methyl sites for hydroxylation is 2. The predicted octanol–water partition coefficient (Wildman–Crippen LogP) is 4.51. The van der Waals surface area contributed by atoms with Crippen molar-refractivity contribution in [3.8, 4) is 0 Å². The van der Waals surface area contributed by atoms with Gasteiger partial charge in [-0.15, -0.1) is 0 Å². The van der Waals surface area contributed by atoms with Crippen LogP contribution in [-0.4, -0.2) is 18.0 Å². The molecule has 1 heterocycles. The van der Waals surface area contributed by atoms with E-state index in [1.54, 1.807) is 30.5 Å². The van der Waals surface area contributed by atoms with Crippen molar-refractivity contribution in [1.82, 2.24) is 5.32 Å². The first-order valence-electron chi connectivity index (χ1n) is 9.43. The fourth-order valence-electron chi connectivity index (χ4n) is 3.12. The van der Waals surface area contributed by atoms with Crippen molar-refractivity contribution >= 4 is 34.3 Å². The molecule has 1 aliphatic rings. The molecule has 0 saturated heterocycles. The summed E-state index contributed by atoms with van der Waals surface area (Å²) in [5.41, 5.74) is 5.32. The van der Waals surface area contributed by atoms with Crippen LogP contribution < -0.4 is 16.0 Å². The second-order valence-corrected chi connectivity index (χ2v) is 7.32. The van der Waals surface area contributed by atoms with Crippen molar-refractivity contribution in [2.45, 2.75) is 39.2 Å². The maximum atomic E-state index is 12.4. The first-order chi connectivity index (χ1) is 13.5. The molecule has 0 radical (unpaired) electrons. The minimum atomic E-state index is -0.198. The van der Waals surface area contributed by atoms with E-state index in [-0.39, 0.29) is 18.4 Å². The summed E-state index contributed by atoms with van der Waals surface area (Å²) in [6.45, 7) is 4.06. The summed E-state index contributed by atoms with van der Waals surface area (Å²) in [5, 5.41) is 9.51. The van der Waals surface area contributed by atoms with Crippen molar-refractivity contribution in [3.05, 3.63) is 59.4 Å². The molecule has 2 aromatic carbocycles. The standard InChI is InChI=1S/C22H23N3O3/c1-13-3-10-19-15(12-28-21(19)14(13)2)11-20(26)23-16-4-6-17(7-5-16)24-22(27)25-18-8-9-18/h3-7,10,12,18H,8-9,11H2,1-2H3,(H,23,26)(H2,24,25,27). The number of carbonyl (C=O) groups excluding carboxylic acids is 2. The Balaban J connectivity index is 1.37. The van der Waals surface area contributed by atoms with Gasteiger partial charge in [-0.2, -0.15) is 0 Å². The molecule has 1 fully saturated rings. The summed E-state index contributed by atoms with van der Waals surface area (Å²) < 4.78 is 5.67. The maximum absolute atomic E-state index is 12.4. The Morgan fingerprint density at radius 3 is 2.36 bits per heavy atom. The van der Waals surface area contributed by atoms with Gasteiger partial charge < -0.3 is 20.4 Å². The van der Waals surface area contributed by atoms with Crippen molar-refractivity contribution in [3.63, 3.8) is 0 Å². The van der Waals surface area contributed by atoms with Gasteiger partial charge in [-0.25, -0.2) is 4.79 Å². The number of rotatable bonds is 5. The Morgan fingerprint density at radius 2 is 1.68 bits per heavy atom. The number of hydrogen-bond acceptors (Lipinski definition) is 3. The summed E-state index contributed by atoms with van der Waals surface area (Å²) in [6.07, 6.45) is 3.98. The summed E-state index contributed by atoms with van der Waals surface area (Å²) in [5.74, 6) is -0.117. The van der Waals surface area contributed by atoms with Crippen LogP contribution in [0.3, 0.4) is 0 Å². The molecule has 0 atom stereocenters. The first kappa shape index (κ1) is 18.1. The molecule has 0 bridgehead atoms. The molecule has 1 aliphatic carbocycles. The monoisotopic (exact) mass is 377 g/mol. The average molecular weight is 377 g/mol. The SMILES string of the molecule is Cc1ccc2c(CC(=O)Nc3ccc(NC(=O)NC4CC4)cc3)coc2c1C. The van der Waals surface area contributed by atoms with Crippen LogP contribution in [0, 0.1) is 13.8 Å². The van der Waals surface area contributed by atoms with Crippen LogP contribution in [-0.2, 0) is 11.2 Å². The Kier molecular flexibility index (Phi) is 4.77. The molecule has 28 heavy (non-hydrogen) atoms. The van der Waals surface area contributed by atoms with Gasteiger partial charge in [0.2, 0.25) is 5.91 Å². The summed E-state index contributed by atoms with van der Waals surface area (Å²) in [6, 6.07) is 11.2. The Hall–Kier alpha value is -3.28. The number of carbonyl (C=O) groups is 2. The van der Waals surface area contributed by atoms with Crippen molar-refractivity contribution < 1.29 is 14.0 Å². The van der Waals surface area contributed by atoms with E-state index in [2.05, 4.69) is 16.0 Å². The number of benzene rings is 2. The molecule has 3 aromatic rings. The Bertz CT molecular complexity index is 1030. The minimum absolute atomic E-state index is 0.117. The third-order valence-corrected chi connectivity index (χ3v) is 5.03. The fraction of sp³-hybridized carbons (Fsp3) is 0.273. The molecule has 1 aromatic heterocycles. The third kappa shape index (κ3) is 4.01. The highest BCUT2D eigenvalue weighted by Gasteiger charge is 2.23. The van der Waals surface area contributed by atoms with Crippen LogP contribution in [0.2, 0.25) is 0 Å². The quantitative estimate of drug-likeness (QED) is 0.611. The maximum Gasteiger partial charge on any atom is 0.319 e. The lowest BCUT2D eigenvalue weighted by atomic mass is 10.0. The highest BCUT2D eigenvalue weighted by molar-refractivity contribution is 5.96. The number of amides is 3. The molecule has 3 N–H and O–H groups in total.